The summed E-state index contributed by atoms with van der Waals surface area (Å²) >= 11 is 11.3. The first-order valence-corrected chi connectivity index (χ1v) is 24.0. The molecule has 2 rings (SSSR count). The van der Waals surface area contributed by atoms with E-state index in [-0.39, 0.29) is 72.8 Å². The largest absolute Gasteiger partial charge is 0 e. The third kappa shape index (κ3) is 47.6. The number of aromatic nitrogens is 2. The van der Waals surface area contributed by atoms with Gasteiger partial charge in [0, 0.05) is 115 Å². The summed E-state index contributed by atoms with van der Waals surface area (Å²) in [5.74, 6) is 1.08. The molecule has 2 aromatic heterocycles. The van der Waals surface area contributed by atoms with Crippen LogP contribution in [0.3, 0.4) is 0 Å². The Morgan fingerprint density at radius 3 is 1.68 bits per heavy atom. The molecule has 2 radical (unpaired) electrons. The smallest absolute Gasteiger partial charge is 0 e. The molecule has 0 saturated heterocycles. The van der Waals surface area contributed by atoms with E-state index in [0.717, 1.165) is 16.7 Å². The van der Waals surface area contributed by atoms with Crippen LogP contribution in [0.1, 0.15) is 31.0 Å². The van der Waals surface area contributed by atoms with Gasteiger partial charge in [-0.25, -0.2) is 17.1 Å². The van der Waals surface area contributed by atoms with Gasteiger partial charge in [0.25, 0.3) is 0 Å². The summed E-state index contributed by atoms with van der Waals surface area (Å²) in [6.07, 6.45) is 3.48. The molecule has 0 atom stereocenters. The SMILES string of the molecule is C.CCI.Cc1c[c-]c(N)nc1.Cc1cnc(N)c(C)c1.II.O=[C-]O.[I][V][I].[Y].[Y]. The number of nitrogens with zero attached hydrogens (tertiary/aromatic N) is 2. The number of pyridine rings is 2. The minimum absolute atomic E-state index is 0. The number of hydrogen-bond acceptors (Lipinski definition) is 5. The minimum atomic E-state index is 0. The van der Waals surface area contributed by atoms with Crippen LogP contribution in [-0.4, -0.2) is 26.0 Å². The molecule has 175 valence electrons. The maximum absolute atomic E-state index is 8.24. The van der Waals surface area contributed by atoms with E-state index >= 15 is 0 Å². The van der Waals surface area contributed by atoms with Crippen molar-refractivity contribution in [1.82, 2.24) is 9.97 Å². The Labute approximate surface area is 304 Å². The number of nitrogen functional groups attached to an aromatic ring is 2. The maximum atomic E-state index is 8.24. The number of rotatable bonds is 0. The van der Waals surface area contributed by atoms with Gasteiger partial charge in [0.1, 0.15) is 5.82 Å². The summed E-state index contributed by atoms with van der Waals surface area (Å²) in [5, 5.41) is 6.76. The van der Waals surface area contributed by atoms with Crippen molar-refractivity contribution in [1.29, 1.82) is 0 Å². The first-order valence-electron chi connectivity index (χ1n) is 7.16. The molecular weight excluding hydrogens is 1160 g/mol. The number of aliphatic hydroxyl groups excluding tert-OH is 1. The molecule has 5 N–H and O–H groups in total. The number of nitrogens with two attached hydrogens (primary N) is 2. The van der Waals surface area contributed by atoms with Crippen LogP contribution < -0.4 is 11.5 Å². The van der Waals surface area contributed by atoms with Gasteiger partial charge < -0.3 is 21.4 Å². The molecule has 0 aliphatic carbocycles. The Morgan fingerprint density at radius 1 is 1.10 bits per heavy atom. The summed E-state index contributed by atoms with van der Waals surface area (Å²) in [6, 6.07) is 6.59. The molecule has 0 amide bonds. The van der Waals surface area contributed by atoms with Crippen LogP contribution in [0.25, 0.3) is 0 Å². The summed E-state index contributed by atoms with van der Waals surface area (Å²) in [4.78, 5) is 16.0. The summed E-state index contributed by atoms with van der Waals surface area (Å²) in [6.45, 7) is 8.51. The van der Waals surface area contributed by atoms with Crippen LogP contribution >= 0.6 is 99.8 Å². The molecule has 6 nitrogen and oxygen atoms in total. The van der Waals surface area contributed by atoms with Crippen molar-refractivity contribution in [2.24, 2.45) is 0 Å². The van der Waals surface area contributed by atoms with Gasteiger partial charge in [0.05, 0.1) is 0 Å². The molecule has 0 saturated carbocycles. The predicted molar refractivity (Wildman–Crippen MR) is 166 cm³/mol. The first-order chi connectivity index (χ1) is 13.2. The van der Waals surface area contributed by atoms with Crippen molar-refractivity contribution in [2.45, 2.75) is 35.1 Å². The Bertz CT molecular complexity index is 570. The van der Waals surface area contributed by atoms with Gasteiger partial charge in [-0.3, -0.25) is 4.98 Å². The normalized spacial score (nSPS) is 6.74. The quantitative estimate of drug-likeness (QED) is 0.145. The van der Waals surface area contributed by atoms with Crippen LogP contribution in [0.2, 0.25) is 0 Å². The number of hydrogen-bond donors (Lipinski definition) is 3. The molecular formula is C17H27I5N4O2VY2-2. The standard InChI is InChI=1S/C7H10N2.C6H7N2.C2H5I.CHO2.CH4.I2.2HI.V.2Y/c1-5-3-6(2)7(8)9-4-5;1-5-2-3-6(7)8-4-5;1-2-3;2-1-3;;1-2;;;;;/h3-4H,1-2H3,(H2,8,9);2,4H,1H3,(H2,7,8);2H2,1H3;(H,2,3);1H4;;2*1H;;;/q;-1;;-1;;;;;+2;;/p-2. The van der Waals surface area contributed by atoms with Gasteiger partial charge >= 0.3 is 49.4 Å². The Kier molecular flexibility index (Phi) is 72.8. The second kappa shape index (κ2) is 43.9. The molecule has 14 heteroatoms. The summed E-state index contributed by atoms with van der Waals surface area (Å²) in [7, 11) is 0.628. The third-order valence-electron chi connectivity index (χ3n) is 2.11. The molecule has 0 spiro atoms. The Balaban J connectivity index is -0.0000000483. The Morgan fingerprint density at radius 2 is 1.45 bits per heavy atom. The molecule has 0 bridgehead atoms. The van der Waals surface area contributed by atoms with Crippen molar-refractivity contribution < 1.29 is 84.8 Å². The van der Waals surface area contributed by atoms with Crippen molar-refractivity contribution >= 4 is 118 Å². The summed E-state index contributed by atoms with van der Waals surface area (Å²) in [5.41, 5.74) is 14.0. The molecule has 0 fully saturated rings. The maximum Gasteiger partial charge on any atom is 0 e. The number of aryl methyl sites for hydroxylation is 3. The summed E-state index contributed by atoms with van der Waals surface area (Å²) < 4.78 is 1.22. The van der Waals surface area contributed by atoms with Crippen molar-refractivity contribution in [2.75, 3.05) is 15.9 Å². The third-order valence-corrected chi connectivity index (χ3v) is 2.11. The minimum Gasteiger partial charge on any atom is 0 e. The van der Waals surface area contributed by atoms with Gasteiger partial charge in [0.15, 0.2) is 0 Å². The van der Waals surface area contributed by atoms with Crippen LogP contribution in [-0.2, 0) is 79.7 Å². The van der Waals surface area contributed by atoms with E-state index in [2.05, 4.69) is 123 Å². The van der Waals surface area contributed by atoms with E-state index in [1.807, 2.05) is 32.9 Å². The molecule has 0 aliphatic rings. The predicted octanol–water partition coefficient (Wildman–Crippen LogP) is 7.28. The van der Waals surface area contributed by atoms with Gasteiger partial charge in [-0.15, -0.1) is 6.92 Å². The first kappa shape index (κ1) is 51.5. The Hall–Kier alpha value is 3.81. The van der Waals surface area contributed by atoms with E-state index < -0.39 is 0 Å². The average Bonchev–Trinajstić information content (AvgIpc) is 2.65. The molecule has 0 unspecified atom stereocenters. The van der Waals surface area contributed by atoms with Gasteiger partial charge in [-0.1, -0.05) is 55.7 Å². The molecule has 0 aliphatic heterocycles. The zero-order chi connectivity index (χ0) is 23.0. The van der Waals surface area contributed by atoms with Crippen LogP contribution in [0.4, 0.5) is 11.6 Å². The fraction of sp³-hybridized carbons (Fsp3) is 0.353. The van der Waals surface area contributed by atoms with E-state index in [1.54, 1.807) is 12.4 Å². The zero-order valence-corrected chi connectivity index (χ0v) is 34.8. The number of alkyl halides is 1. The molecule has 2 aromatic rings. The van der Waals surface area contributed by atoms with Gasteiger partial charge in [-0.05, 0) is 29.4 Å². The van der Waals surface area contributed by atoms with Gasteiger partial charge in [0.2, 0.25) is 0 Å². The van der Waals surface area contributed by atoms with Crippen LogP contribution in [0.15, 0.2) is 24.5 Å². The van der Waals surface area contributed by atoms with E-state index in [9.17, 15) is 0 Å². The van der Waals surface area contributed by atoms with Gasteiger partial charge in [-0.2, -0.15) is 5.56 Å². The monoisotopic (exact) mass is 1180 g/mol. The van der Waals surface area contributed by atoms with E-state index in [0.29, 0.717) is 27.6 Å². The molecule has 2 heterocycles. The number of halogens is 5. The molecule has 0 aromatic carbocycles. The van der Waals surface area contributed by atoms with Crippen LogP contribution in [0, 0.1) is 26.8 Å². The topological polar surface area (TPSA) is 115 Å². The second-order valence-electron chi connectivity index (χ2n) is 4.31. The molecule has 31 heavy (non-hydrogen) atoms. The van der Waals surface area contributed by atoms with E-state index in [1.165, 1.54) is 4.43 Å². The van der Waals surface area contributed by atoms with E-state index in [4.69, 9.17) is 21.4 Å². The van der Waals surface area contributed by atoms with Crippen molar-refractivity contribution in [3.63, 3.8) is 0 Å². The average molecular weight is 1180 g/mol. The van der Waals surface area contributed by atoms with Crippen LogP contribution in [0.5, 0.6) is 0 Å². The van der Waals surface area contributed by atoms with Crippen molar-refractivity contribution in [3.8, 4) is 0 Å². The fourth-order valence-corrected chi connectivity index (χ4v) is 1.16. The fourth-order valence-electron chi connectivity index (χ4n) is 1.16. The second-order valence-corrected chi connectivity index (χ2v) is 17.6. The number of anilines is 2. The van der Waals surface area contributed by atoms with Crippen molar-refractivity contribution in [3.05, 3.63) is 47.3 Å². The zero-order valence-electron chi connectivity index (χ0n) is 16.9.